The summed E-state index contributed by atoms with van der Waals surface area (Å²) in [6.45, 7) is -0.0200. The first-order chi connectivity index (χ1) is 26.8. The summed E-state index contributed by atoms with van der Waals surface area (Å²) in [4.78, 5) is 0. The standard InChI is InChI=1S/C52H33BO/c1-4-16-34(17-5-1)38-22-10-12-24-40(38)43-32-44(41-25-13-11-23-39(41)35-18-6-2-7-19-35)45-33-47-52-49(31-29-36-28-30-42(43)51(45)50(36)52)54-48-27-15-14-26-46(48)53(47)37-20-8-3-9-21-37/h1-33H. The van der Waals surface area contributed by atoms with Crippen molar-refractivity contribution in [3.63, 3.8) is 0 Å². The van der Waals surface area contributed by atoms with Crippen molar-refractivity contribution in [2.24, 2.45) is 0 Å². The summed E-state index contributed by atoms with van der Waals surface area (Å²) in [5.74, 6) is 1.81. The van der Waals surface area contributed by atoms with Crippen LogP contribution in [0.15, 0.2) is 200 Å². The van der Waals surface area contributed by atoms with E-state index in [9.17, 15) is 0 Å². The molecule has 0 spiro atoms. The van der Waals surface area contributed by atoms with Crippen LogP contribution in [0.4, 0.5) is 0 Å². The Bertz CT molecular complexity index is 3010. The highest BCUT2D eigenvalue weighted by Gasteiger charge is 2.33. The molecule has 0 saturated heterocycles. The Balaban J connectivity index is 1.33. The Labute approximate surface area is 315 Å². The van der Waals surface area contributed by atoms with E-state index in [1.54, 1.807) is 0 Å². The van der Waals surface area contributed by atoms with Crippen LogP contribution in [-0.4, -0.2) is 6.71 Å². The third-order valence-corrected chi connectivity index (χ3v) is 11.4. The third kappa shape index (κ3) is 4.74. The first-order valence-corrected chi connectivity index (χ1v) is 18.7. The molecule has 0 bridgehead atoms. The van der Waals surface area contributed by atoms with Crippen molar-refractivity contribution in [1.29, 1.82) is 0 Å². The molecular weight excluding hydrogens is 651 g/mol. The van der Waals surface area contributed by atoms with Gasteiger partial charge in [0.1, 0.15) is 11.5 Å². The second-order valence-corrected chi connectivity index (χ2v) is 14.3. The topological polar surface area (TPSA) is 9.23 Å². The highest BCUT2D eigenvalue weighted by Crippen LogP contribution is 2.49. The lowest BCUT2D eigenvalue weighted by atomic mass is 9.36. The maximum absolute atomic E-state index is 6.95. The van der Waals surface area contributed by atoms with Crippen molar-refractivity contribution < 1.29 is 4.74 Å². The molecule has 0 unspecified atom stereocenters. The average molecular weight is 685 g/mol. The minimum Gasteiger partial charge on any atom is -0.457 e. The molecule has 10 aromatic carbocycles. The molecule has 1 nitrogen and oxygen atoms in total. The van der Waals surface area contributed by atoms with Gasteiger partial charge in [0.05, 0.1) is 0 Å². The maximum Gasteiger partial charge on any atom is 0.247 e. The fourth-order valence-electron chi connectivity index (χ4n) is 9.04. The molecule has 0 radical (unpaired) electrons. The van der Waals surface area contributed by atoms with Gasteiger partial charge in [0.25, 0.3) is 0 Å². The molecular formula is C52H33BO. The molecule has 0 atom stereocenters. The van der Waals surface area contributed by atoms with Gasteiger partial charge in [-0.3, -0.25) is 0 Å². The lowest BCUT2D eigenvalue weighted by Crippen LogP contribution is -2.51. The molecule has 0 amide bonds. The van der Waals surface area contributed by atoms with Crippen LogP contribution < -0.4 is 21.1 Å². The Morgan fingerprint density at radius 2 is 0.852 bits per heavy atom. The lowest BCUT2D eigenvalue weighted by Gasteiger charge is -2.24. The van der Waals surface area contributed by atoms with Crippen molar-refractivity contribution in [2.75, 3.05) is 0 Å². The van der Waals surface area contributed by atoms with E-state index in [1.807, 2.05) is 0 Å². The zero-order valence-electron chi connectivity index (χ0n) is 29.5. The van der Waals surface area contributed by atoms with Crippen molar-refractivity contribution in [1.82, 2.24) is 0 Å². The molecule has 1 aliphatic heterocycles. The van der Waals surface area contributed by atoms with Crippen LogP contribution in [0.5, 0.6) is 11.5 Å². The van der Waals surface area contributed by atoms with E-state index in [2.05, 4.69) is 200 Å². The smallest absolute Gasteiger partial charge is 0.247 e. The van der Waals surface area contributed by atoms with Gasteiger partial charge in [-0.15, -0.1) is 0 Å². The summed E-state index contributed by atoms with van der Waals surface area (Å²) in [5, 5.41) is 7.41. The summed E-state index contributed by atoms with van der Waals surface area (Å²) < 4.78 is 6.95. The summed E-state index contributed by atoms with van der Waals surface area (Å²) in [6.07, 6.45) is 0. The second kappa shape index (κ2) is 12.4. The van der Waals surface area contributed by atoms with Crippen LogP contribution >= 0.6 is 0 Å². The van der Waals surface area contributed by atoms with Crippen molar-refractivity contribution in [2.45, 2.75) is 0 Å². The molecule has 11 rings (SSSR count). The fraction of sp³-hybridized carbons (Fsp3) is 0. The van der Waals surface area contributed by atoms with Crippen LogP contribution in [0.2, 0.25) is 0 Å². The normalized spacial score (nSPS) is 12.2. The van der Waals surface area contributed by atoms with E-state index >= 15 is 0 Å². The second-order valence-electron chi connectivity index (χ2n) is 14.3. The first-order valence-electron chi connectivity index (χ1n) is 18.7. The van der Waals surface area contributed by atoms with Gasteiger partial charge in [-0.05, 0) is 89.7 Å². The molecule has 1 aliphatic rings. The van der Waals surface area contributed by atoms with E-state index in [1.165, 1.54) is 93.2 Å². The SMILES string of the molecule is c1ccc(B2c3ccccc3Oc3ccc4ccc5c(-c6ccccc6-c6ccccc6)cc(-c6ccccc6-c6ccccc6)c6cc2c3c4c56)cc1. The highest BCUT2D eigenvalue weighted by molar-refractivity contribution is 6.97. The fourth-order valence-corrected chi connectivity index (χ4v) is 9.04. The number of benzene rings is 10. The summed E-state index contributed by atoms with van der Waals surface area (Å²) >= 11 is 0. The molecule has 250 valence electrons. The Morgan fingerprint density at radius 3 is 1.52 bits per heavy atom. The Morgan fingerprint density at radius 1 is 0.315 bits per heavy atom. The first kappa shape index (κ1) is 30.7. The zero-order chi connectivity index (χ0) is 35.6. The van der Waals surface area contributed by atoms with Gasteiger partial charge in [-0.1, -0.05) is 193 Å². The molecule has 1 heterocycles. The van der Waals surface area contributed by atoms with Crippen LogP contribution in [0, 0.1) is 0 Å². The number of fused-ring (bicyclic) bond motifs is 1. The molecule has 0 N–H and O–H groups in total. The summed E-state index contributed by atoms with van der Waals surface area (Å²) in [7, 11) is 0. The minimum atomic E-state index is -0.0200. The lowest BCUT2D eigenvalue weighted by molar-refractivity contribution is 0.493. The third-order valence-electron chi connectivity index (χ3n) is 11.4. The van der Waals surface area contributed by atoms with Gasteiger partial charge < -0.3 is 4.74 Å². The van der Waals surface area contributed by atoms with E-state index in [0.29, 0.717) is 0 Å². The molecule has 0 fully saturated rings. The summed E-state index contributed by atoms with van der Waals surface area (Å²) in [6, 6.07) is 72.9. The summed E-state index contributed by atoms with van der Waals surface area (Å²) in [5.41, 5.74) is 13.4. The predicted molar refractivity (Wildman–Crippen MR) is 230 cm³/mol. The van der Waals surface area contributed by atoms with E-state index < -0.39 is 0 Å². The number of rotatable bonds is 5. The van der Waals surface area contributed by atoms with Gasteiger partial charge in [0.2, 0.25) is 6.71 Å². The van der Waals surface area contributed by atoms with E-state index in [-0.39, 0.29) is 6.71 Å². The number of hydrogen-bond acceptors (Lipinski definition) is 1. The van der Waals surface area contributed by atoms with Crippen LogP contribution in [-0.2, 0) is 0 Å². The van der Waals surface area contributed by atoms with Crippen molar-refractivity contribution >= 4 is 55.4 Å². The van der Waals surface area contributed by atoms with Crippen LogP contribution in [0.25, 0.3) is 76.8 Å². The number of hydrogen-bond donors (Lipinski definition) is 0. The van der Waals surface area contributed by atoms with Gasteiger partial charge in [-0.25, -0.2) is 0 Å². The average Bonchev–Trinajstić information content (AvgIpc) is 3.39. The predicted octanol–water partition coefficient (Wildman–Crippen LogP) is 11.9. The molecule has 54 heavy (non-hydrogen) atoms. The molecule has 0 aliphatic carbocycles. The zero-order valence-corrected chi connectivity index (χ0v) is 29.5. The Hall–Kier alpha value is -6.90. The Kier molecular flexibility index (Phi) is 7.03. The molecule has 2 heteroatoms. The quantitative estimate of drug-likeness (QED) is 0.130. The maximum atomic E-state index is 6.95. The monoisotopic (exact) mass is 684 g/mol. The highest BCUT2D eigenvalue weighted by atomic mass is 16.5. The van der Waals surface area contributed by atoms with E-state index in [4.69, 9.17) is 4.74 Å². The van der Waals surface area contributed by atoms with Crippen molar-refractivity contribution in [3.05, 3.63) is 200 Å². The van der Waals surface area contributed by atoms with E-state index in [0.717, 1.165) is 11.5 Å². The van der Waals surface area contributed by atoms with Gasteiger partial charge in [-0.2, -0.15) is 0 Å². The van der Waals surface area contributed by atoms with Crippen LogP contribution in [0.3, 0.4) is 0 Å². The molecule has 0 aromatic heterocycles. The van der Waals surface area contributed by atoms with Gasteiger partial charge >= 0.3 is 0 Å². The van der Waals surface area contributed by atoms with Crippen LogP contribution in [0.1, 0.15) is 0 Å². The molecule has 10 aromatic rings. The van der Waals surface area contributed by atoms with Crippen molar-refractivity contribution in [3.8, 4) is 56.0 Å². The number of ether oxygens (including phenoxy) is 1. The minimum absolute atomic E-state index is 0.0200. The van der Waals surface area contributed by atoms with Gasteiger partial charge in [0, 0.05) is 10.8 Å². The molecule has 0 saturated carbocycles. The number of para-hydroxylation sites is 1. The largest absolute Gasteiger partial charge is 0.457 e. The van der Waals surface area contributed by atoms with Gasteiger partial charge in [0.15, 0.2) is 0 Å².